The molecule has 3 aromatic rings. The second-order valence-electron chi connectivity index (χ2n) is 7.80. The van der Waals surface area contributed by atoms with Crippen molar-refractivity contribution >= 4 is 27.9 Å². The topological polar surface area (TPSA) is 172 Å². The number of thiol groups is 1. The van der Waals surface area contributed by atoms with E-state index in [1.165, 1.54) is 17.2 Å². The van der Waals surface area contributed by atoms with Crippen molar-refractivity contribution < 1.29 is 28.5 Å². The third-order valence-electron chi connectivity index (χ3n) is 5.89. The van der Waals surface area contributed by atoms with Gasteiger partial charge in [0.1, 0.15) is 24.6 Å². The van der Waals surface area contributed by atoms with Crippen LogP contribution in [0.4, 0.5) is 5.82 Å². The second-order valence-corrected chi connectivity index (χ2v) is 8.63. The lowest BCUT2D eigenvalue weighted by molar-refractivity contribution is -0.0329. The summed E-state index contributed by atoms with van der Waals surface area (Å²) in [4.78, 5) is 12.9. The number of aliphatic hydroxyl groups is 3. The summed E-state index contributed by atoms with van der Waals surface area (Å²) < 4.78 is 30.9. The van der Waals surface area contributed by atoms with Gasteiger partial charge in [-0.05, 0) is 11.1 Å². The minimum Gasteiger partial charge on any atom is -0.390 e. The van der Waals surface area contributed by atoms with Gasteiger partial charge in [0.15, 0.2) is 23.2 Å². The minimum atomic E-state index is -2.86. The first kappa shape index (κ1) is 21.2. The van der Waals surface area contributed by atoms with Crippen LogP contribution in [0.25, 0.3) is 11.2 Å². The Bertz CT molecular complexity index is 1210. The average molecular weight is 462 g/mol. The van der Waals surface area contributed by atoms with Crippen molar-refractivity contribution in [3.63, 3.8) is 0 Å². The van der Waals surface area contributed by atoms with Gasteiger partial charge in [0.25, 0.3) is 0 Å². The molecular formula is C19H22N6O6S. The molecule has 6 atom stereocenters. The number of fused-ring (bicyclic) bond motifs is 2. The van der Waals surface area contributed by atoms with Crippen LogP contribution in [0.5, 0.6) is 0 Å². The van der Waals surface area contributed by atoms with E-state index in [2.05, 4.69) is 25.0 Å². The number of rotatable bonds is 6. The van der Waals surface area contributed by atoms with Crippen molar-refractivity contribution in [3.8, 4) is 0 Å². The van der Waals surface area contributed by atoms with Crippen molar-refractivity contribution in [2.45, 2.75) is 43.1 Å². The van der Waals surface area contributed by atoms with Gasteiger partial charge in [-0.1, -0.05) is 24.3 Å². The Labute approximate surface area is 184 Å². The van der Waals surface area contributed by atoms with E-state index in [1.54, 1.807) is 0 Å². The summed E-state index contributed by atoms with van der Waals surface area (Å²) in [6.45, 7) is -0.180. The molecule has 13 heteroatoms. The predicted molar refractivity (Wildman–Crippen MR) is 112 cm³/mol. The standard InChI is InChI=1S/C19H22N6O6S/c26-11-5-9-3-1-2-4-10(9)13(11)24-17-14-18(21-7-20-17)25(8-22-14)19-16(28)15(27)12(31-19)6-23-32(29)30/h1-4,7-8,11-13,15-16,19,26-28,32H,5-6H2,(H,20,21,24)(H,23,29,30)/t11-,12+,13+,15+,16+,19+/m0/s1. The van der Waals surface area contributed by atoms with Crippen molar-refractivity contribution in [1.82, 2.24) is 24.2 Å². The highest BCUT2D eigenvalue weighted by Gasteiger charge is 2.44. The van der Waals surface area contributed by atoms with Crippen molar-refractivity contribution in [2.24, 2.45) is 0 Å². The molecule has 170 valence electrons. The van der Waals surface area contributed by atoms with Crippen LogP contribution in [-0.2, 0) is 22.0 Å². The van der Waals surface area contributed by atoms with Gasteiger partial charge in [0, 0.05) is 13.0 Å². The van der Waals surface area contributed by atoms with E-state index in [4.69, 9.17) is 4.74 Å². The number of nitrogens with zero attached hydrogens (tertiary/aromatic N) is 4. The Kier molecular flexibility index (Phi) is 5.53. The summed E-state index contributed by atoms with van der Waals surface area (Å²) in [5, 5.41) is 34.5. The lowest BCUT2D eigenvalue weighted by Crippen LogP contribution is -2.37. The predicted octanol–water partition coefficient (Wildman–Crippen LogP) is -1.37. The summed E-state index contributed by atoms with van der Waals surface area (Å²) in [6.07, 6.45) is -1.94. The van der Waals surface area contributed by atoms with Crippen LogP contribution in [0, 0.1) is 0 Å². The lowest BCUT2D eigenvalue weighted by atomic mass is 10.1. The number of benzene rings is 1. The lowest BCUT2D eigenvalue weighted by Gasteiger charge is -2.19. The van der Waals surface area contributed by atoms with Gasteiger partial charge in [-0.2, -0.15) is 0 Å². The fraction of sp³-hybridized carbons (Fsp3) is 0.421. The van der Waals surface area contributed by atoms with E-state index in [9.17, 15) is 23.7 Å². The number of hydrogen-bond donors (Lipinski definition) is 6. The van der Waals surface area contributed by atoms with E-state index >= 15 is 0 Å². The molecule has 1 saturated heterocycles. The van der Waals surface area contributed by atoms with Crippen LogP contribution < -0.4 is 10.0 Å². The van der Waals surface area contributed by atoms with Crippen molar-refractivity contribution in [3.05, 3.63) is 48.0 Å². The zero-order chi connectivity index (χ0) is 22.4. The molecule has 5 N–H and O–H groups in total. The number of anilines is 1. The Morgan fingerprint density at radius 3 is 2.75 bits per heavy atom. The SMILES string of the molecule is O=[SH](=O)NC[C@H]1O[C@@H](n2cnc3c(N[C@@H]4c5ccccc5C[C@@H]4O)ncnc32)[C@H](O)[C@@H]1O. The summed E-state index contributed by atoms with van der Waals surface area (Å²) >= 11 is 0. The first-order valence-electron chi connectivity index (χ1n) is 10.0. The molecule has 1 aromatic carbocycles. The molecule has 1 aliphatic carbocycles. The van der Waals surface area contributed by atoms with Crippen LogP contribution in [0.15, 0.2) is 36.9 Å². The summed E-state index contributed by atoms with van der Waals surface area (Å²) in [5.41, 5.74) is 2.79. The number of imidazole rings is 1. The van der Waals surface area contributed by atoms with Gasteiger partial charge in [-0.3, -0.25) is 4.57 Å². The smallest absolute Gasteiger partial charge is 0.201 e. The van der Waals surface area contributed by atoms with Gasteiger partial charge in [-0.15, -0.1) is 0 Å². The normalized spacial score (nSPS) is 29.6. The highest BCUT2D eigenvalue weighted by Crippen LogP contribution is 2.36. The number of aliphatic hydroxyl groups excluding tert-OH is 3. The van der Waals surface area contributed by atoms with Crippen LogP contribution in [0.1, 0.15) is 23.4 Å². The zero-order valence-electron chi connectivity index (χ0n) is 16.6. The quantitative estimate of drug-likeness (QED) is 0.240. The fourth-order valence-corrected chi connectivity index (χ4v) is 4.66. The Morgan fingerprint density at radius 1 is 1.12 bits per heavy atom. The van der Waals surface area contributed by atoms with Gasteiger partial charge in [0.2, 0.25) is 10.9 Å². The molecule has 3 heterocycles. The van der Waals surface area contributed by atoms with E-state index < -0.39 is 41.5 Å². The van der Waals surface area contributed by atoms with E-state index in [0.717, 1.165) is 11.1 Å². The number of ether oxygens (including phenoxy) is 1. The molecule has 2 aliphatic rings. The monoisotopic (exact) mass is 462 g/mol. The third kappa shape index (κ3) is 3.62. The van der Waals surface area contributed by atoms with Crippen molar-refractivity contribution in [1.29, 1.82) is 0 Å². The molecule has 32 heavy (non-hydrogen) atoms. The van der Waals surface area contributed by atoms with Gasteiger partial charge in [-0.25, -0.2) is 28.1 Å². The maximum Gasteiger partial charge on any atom is 0.201 e. The Balaban J connectivity index is 1.43. The molecule has 0 spiro atoms. The minimum absolute atomic E-state index is 0.180. The summed E-state index contributed by atoms with van der Waals surface area (Å²) in [7, 11) is -2.86. The van der Waals surface area contributed by atoms with Crippen LogP contribution in [0.3, 0.4) is 0 Å². The van der Waals surface area contributed by atoms with Crippen LogP contribution in [-0.4, -0.2) is 74.2 Å². The largest absolute Gasteiger partial charge is 0.390 e. The molecule has 0 radical (unpaired) electrons. The average Bonchev–Trinajstić information content (AvgIpc) is 3.42. The van der Waals surface area contributed by atoms with Gasteiger partial charge >= 0.3 is 0 Å². The van der Waals surface area contributed by atoms with E-state index in [-0.39, 0.29) is 12.6 Å². The molecular weight excluding hydrogens is 440 g/mol. The molecule has 0 bridgehead atoms. The summed E-state index contributed by atoms with van der Waals surface area (Å²) in [5.74, 6) is 0.407. The van der Waals surface area contributed by atoms with Gasteiger partial charge in [0.05, 0.1) is 18.5 Å². The molecule has 2 aromatic heterocycles. The number of hydrogen-bond acceptors (Lipinski definition) is 10. The molecule has 0 amide bonds. The van der Waals surface area contributed by atoms with Crippen LogP contribution in [0.2, 0.25) is 0 Å². The highest BCUT2D eigenvalue weighted by atomic mass is 32.2. The highest BCUT2D eigenvalue weighted by molar-refractivity contribution is 7.70. The molecule has 0 saturated carbocycles. The zero-order valence-corrected chi connectivity index (χ0v) is 17.5. The first-order valence-corrected chi connectivity index (χ1v) is 11.2. The van der Waals surface area contributed by atoms with Crippen LogP contribution >= 0.6 is 0 Å². The molecule has 1 aliphatic heterocycles. The number of nitrogens with one attached hydrogen (secondary N) is 2. The molecule has 1 fully saturated rings. The summed E-state index contributed by atoms with van der Waals surface area (Å²) in [6, 6.07) is 7.40. The Morgan fingerprint density at radius 2 is 1.94 bits per heavy atom. The second kappa shape index (κ2) is 8.35. The number of aromatic nitrogens is 4. The van der Waals surface area contributed by atoms with E-state index in [1.807, 2.05) is 24.3 Å². The van der Waals surface area contributed by atoms with E-state index in [0.29, 0.717) is 23.4 Å². The first-order chi connectivity index (χ1) is 15.4. The third-order valence-corrected chi connectivity index (χ3v) is 6.33. The fourth-order valence-electron chi connectivity index (χ4n) is 4.33. The molecule has 5 rings (SSSR count). The van der Waals surface area contributed by atoms with Gasteiger partial charge < -0.3 is 25.4 Å². The van der Waals surface area contributed by atoms with Crippen molar-refractivity contribution in [2.75, 3.05) is 11.9 Å². The maximum atomic E-state index is 10.8. The Hall–Kier alpha value is -2.68. The molecule has 0 unspecified atom stereocenters. The molecule has 12 nitrogen and oxygen atoms in total. The maximum absolute atomic E-state index is 10.8.